The highest BCUT2D eigenvalue weighted by molar-refractivity contribution is 6.30. The van der Waals surface area contributed by atoms with Gasteiger partial charge >= 0.3 is 5.97 Å². The normalized spacial score (nSPS) is 15.6. The van der Waals surface area contributed by atoms with E-state index in [1.807, 2.05) is 24.3 Å². The number of likely N-dealkylation sites (tertiary alicyclic amines) is 1. The Morgan fingerprint density at radius 1 is 1.24 bits per heavy atom. The lowest BCUT2D eigenvalue weighted by atomic mass is 9.84. The Morgan fingerprint density at radius 2 is 2.00 bits per heavy atom. The third-order valence-corrected chi connectivity index (χ3v) is 7.13. The van der Waals surface area contributed by atoms with Crippen LogP contribution < -0.4 is 0 Å². The van der Waals surface area contributed by atoms with Gasteiger partial charge < -0.3 is 14.7 Å². The first-order valence-electron chi connectivity index (χ1n) is 12.8. The van der Waals surface area contributed by atoms with Crippen LogP contribution in [-0.2, 0) is 16.0 Å². The molecule has 4 rings (SSSR count). The summed E-state index contributed by atoms with van der Waals surface area (Å²) in [5, 5.41) is 19.9. The van der Waals surface area contributed by atoms with Gasteiger partial charge in [0, 0.05) is 49.2 Å². The average Bonchev–Trinajstić information content (AvgIpc) is 3.42. The molecule has 2 N–H and O–H groups in total. The lowest BCUT2D eigenvalue weighted by Gasteiger charge is -2.40. The molecule has 38 heavy (non-hydrogen) atoms. The molecule has 2 heterocycles. The Bertz CT molecular complexity index is 1220. The molecular formula is C28H32ClFN4O4. The number of ketones is 1. The molecule has 0 unspecified atom stereocenters. The van der Waals surface area contributed by atoms with Crippen molar-refractivity contribution in [3.63, 3.8) is 0 Å². The molecule has 2 aromatic carbocycles. The highest BCUT2D eigenvalue weighted by atomic mass is 35.5. The van der Waals surface area contributed by atoms with Crippen LogP contribution in [0.1, 0.15) is 35.8 Å². The fourth-order valence-corrected chi connectivity index (χ4v) is 5.15. The van der Waals surface area contributed by atoms with Crippen molar-refractivity contribution in [2.24, 2.45) is 17.8 Å². The molecule has 1 saturated heterocycles. The smallest absolute Gasteiger partial charge is 0.310 e. The number of nitrogens with one attached hydrogen (secondary N) is 1. The number of aliphatic hydroxyl groups excluding tert-OH is 1. The van der Waals surface area contributed by atoms with Crippen LogP contribution in [0.2, 0.25) is 5.02 Å². The number of hydrogen-bond donors (Lipinski definition) is 2. The summed E-state index contributed by atoms with van der Waals surface area (Å²) in [4.78, 5) is 27.9. The van der Waals surface area contributed by atoms with Crippen LogP contribution in [-0.4, -0.2) is 70.0 Å². The number of aliphatic hydroxyl groups is 1. The fraction of sp³-hybridized carbons (Fsp3) is 0.429. The van der Waals surface area contributed by atoms with E-state index in [1.165, 1.54) is 18.3 Å². The number of carbonyl (C=O) groups excluding carboxylic acids is 2. The zero-order valence-corrected chi connectivity index (χ0v) is 22.0. The zero-order valence-electron chi connectivity index (χ0n) is 21.3. The standard InChI is InChI=1S/C28H32ClFN4O4/c1-2-38-28(37)22(16-34-14-20(15-34)17-35)10-19(11-27(36)26-13-31-33-32-26)9-18-3-5-21(6-4-18)24-12-23(29)7-8-25(24)30/h3-8,12-13,19-20,22,35H,2,9-11,14-17H2,1H3,(H,31,32,33)/t19-,22+/m1/s1. The molecule has 1 aliphatic heterocycles. The molecule has 0 saturated carbocycles. The van der Waals surface area contributed by atoms with Crippen LogP contribution in [0.15, 0.2) is 48.7 Å². The van der Waals surface area contributed by atoms with Crippen molar-refractivity contribution < 1.29 is 23.8 Å². The SMILES string of the molecule is CCOC(=O)[C@@H](C[C@H](CC(=O)c1cn[nH]n1)Cc1ccc(-c2cc(Cl)ccc2F)cc1)CN1CC(CO)C1. The predicted octanol–water partition coefficient (Wildman–Crippen LogP) is 4.19. The summed E-state index contributed by atoms with van der Waals surface area (Å²) >= 11 is 6.06. The van der Waals surface area contributed by atoms with Crippen LogP contribution >= 0.6 is 11.6 Å². The van der Waals surface area contributed by atoms with Gasteiger partial charge in [-0.1, -0.05) is 35.9 Å². The fourth-order valence-electron chi connectivity index (χ4n) is 4.97. The van der Waals surface area contributed by atoms with Crippen LogP contribution in [0.3, 0.4) is 0 Å². The van der Waals surface area contributed by atoms with Gasteiger partial charge in [0.1, 0.15) is 11.5 Å². The second-order valence-electron chi connectivity index (χ2n) is 9.83. The quantitative estimate of drug-likeness (QED) is 0.246. The number of nitrogens with zero attached hydrogens (tertiary/aromatic N) is 3. The summed E-state index contributed by atoms with van der Waals surface area (Å²) < 4.78 is 19.7. The Morgan fingerprint density at radius 3 is 2.66 bits per heavy atom. The van der Waals surface area contributed by atoms with Gasteiger partial charge in [-0.25, -0.2) is 4.39 Å². The zero-order chi connectivity index (χ0) is 27.1. The van der Waals surface area contributed by atoms with E-state index in [0.717, 1.165) is 18.7 Å². The van der Waals surface area contributed by atoms with E-state index >= 15 is 0 Å². The van der Waals surface area contributed by atoms with Gasteiger partial charge in [-0.3, -0.25) is 9.59 Å². The topological polar surface area (TPSA) is 108 Å². The number of benzene rings is 2. The van der Waals surface area contributed by atoms with E-state index in [9.17, 15) is 19.1 Å². The first-order valence-corrected chi connectivity index (χ1v) is 13.2. The number of rotatable bonds is 13. The second kappa shape index (κ2) is 13.1. The van der Waals surface area contributed by atoms with Crippen molar-refractivity contribution in [1.29, 1.82) is 0 Å². The summed E-state index contributed by atoms with van der Waals surface area (Å²) in [5.41, 5.74) is 2.33. The minimum atomic E-state index is -0.412. The summed E-state index contributed by atoms with van der Waals surface area (Å²) in [7, 11) is 0. The molecule has 0 radical (unpaired) electrons. The largest absolute Gasteiger partial charge is 0.466 e. The van der Waals surface area contributed by atoms with Gasteiger partial charge in [-0.15, -0.1) is 0 Å². The monoisotopic (exact) mass is 542 g/mol. The number of H-pyrrole nitrogens is 1. The molecule has 0 bridgehead atoms. The third kappa shape index (κ3) is 7.24. The number of halogens is 2. The van der Waals surface area contributed by atoms with E-state index in [4.69, 9.17) is 16.3 Å². The van der Waals surface area contributed by atoms with Crippen molar-refractivity contribution in [3.8, 4) is 11.1 Å². The van der Waals surface area contributed by atoms with Crippen LogP contribution in [0.5, 0.6) is 0 Å². The summed E-state index contributed by atoms with van der Waals surface area (Å²) in [6, 6.07) is 11.9. The summed E-state index contributed by atoms with van der Waals surface area (Å²) in [6.45, 7) is 4.16. The molecule has 8 nitrogen and oxygen atoms in total. The number of esters is 1. The van der Waals surface area contributed by atoms with Gasteiger partial charge in [0.15, 0.2) is 5.78 Å². The number of Topliss-reactive ketones (excluding diaryl/α,β-unsaturated/α-hetero) is 1. The maximum Gasteiger partial charge on any atom is 0.310 e. The first kappa shape index (κ1) is 27.9. The van der Waals surface area contributed by atoms with Gasteiger partial charge in [-0.05, 0) is 55.0 Å². The minimum Gasteiger partial charge on any atom is -0.466 e. The molecule has 1 aliphatic rings. The Balaban J connectivity index is 1.52. The van der Waals surface area contributed by atoms with E-state index < -0.39 is 5.92 Å². The number of hydrogen-bond acceptors (Lipinski definition) is 7. The Hall–Kier alpha value is -3.14. The highest BCUT2D eigenvalue weighted by Gasteiger charge is 2.33. The molecule has 1 fully saturated rings. The lowest BCUT2D eigenvalue weighted by Crippen LogP contribution is -2.51. The van der Waals surface area contributed by atoms with Gasteiger partial charge in [0.2, 0.25) is 0 Å². The van der Waals surface area contributed by atoms with Crippen molar-refractivity contribution in [2.45, 2.75) is 26.2 Å². The predicted molar refractivity (Wildman–Crippen MR) is 141 cm³/mol. The highest BCUT2D eigenvalue weighted by Crippen LogP contribution is 2.29. The van der Waals surface area contributed by atoms with Crippen molar-refractivity contribution >= 4 is 23.4 Å². The second-order valence-corrected chi connectivity index (χ2v) is 10.3. The molecule has 3 aromatic rings. The minimum absolute atomic E-state index is 0.129. The van der Waals surface area contributed by atoms with Gasteiger partial charge in [-0.2, -0.15) is 15.4 Å². The number of aromatic amines is 1. The summed E-state index contributed by atoms with van der Waals surface area (Å²) in [5.74, 6) is -1.16. The van der Waals surface area contributed by atoms with E-state index in [-0.39, 0.29) is 54.7 Å². The van der Waals surface area contributed by atoms with E-state index in [0.29, 0.717) is 35.5 Å². The van der Waals surface area contributed by atoms with Gasteiger partial charge in [0.25, 0.3) is 0 Å². The van der Waals surface area contributed by atoms with Crippen LogP contribution in [0.4, 0.5) is 4.39 Å². The van der Waals surface area contributed by atoms with Crippen LogP contribution in [0, 0.1) is 23.6 Å². The molecule has 10 heteroatoms. The Labute approximate surface area is 226 Å². The average molecular weight is 543 g/mol. The van der Waals surface area contributed by atoms with Crippen molar-refractivity contribution in [2.75, 3.05) is 32.8 Å². The number of carbonyl (C=O) groups is 2. The van der Waals surface area contributed by atoms with E-state index in [1.54, 1.807) is 13.0 Å². The molecule has 0 aliphatic carbocycles. The van der Waals surface area contributed by atoms with E-state index in [2.05, 4.69) is 20.3 Å². The molecular weight excluding hydrogens is 511 g/mol. The lowest BCUT2D eigenvalue weighted by molar-refractivity contribution is -0.150. The van der Waals surface area contributed by atoms with Crippen LogP contribution in [0.25, 0.3) is 11.1 Å². The maximum atomic E-state index is 14.3. The summed E-state index contributed by atoms with van der Waals surface area (Å²) in [6.07, 6.45) is 2.57. The molecule has 2 atom stereocenters. The Kier molecular flexibility index (Phi) is 9.60. The number of ether oxygens (including phenoxy) is 1. The molecule has 0 spiro atoms. The van der Waals surface area contributed by atoms with Crippen molar-refractivity contribution in [3.05, 3.63) is 70.8 Å². The molecule has 1 aromatic heterocycles. The van der Waals surface area contributed by atoms with Crippen molar-refractivity contribution in [1.82, 2.24) is 20.3 Å². The number of aromatic nitrogens is 3. The van der Waals surface area contributed by atoms with Gasteiger partial charge in [0.05, 0.1) is 18.7 Å². The molecule has 202 valence electrons. The third-order valence-electron chi connectivity index (χ3n) is 6.90. The maximum absolute atomic E-state index is 14.3. The first-order chi connectivity index (χ1) is 18.4. The molecule has 0 amide bonds.